The molecule has 0 aliphatic carbocycles. The van der Waals surface area contributed by atoms with Crippen molar-refractivity contribution in [2.75, 3.05) is 0 Å². The second-order valence-electron chi connectivity index (χ2n) is 38.7. The van der Waals surface area contributed by atoms with Gasteiger partial charge in [-0.1, -0.05) is 491 Å². The fraction of sp³-hybridized carbons (Fsp3) is 0.0207. The Morgan fingerprint density at radius 2 is 0.297 bits per heavy atom. The van der Waals surface area contributed by atoms with Gasteiger partial charge in [-0.2, -0.15) is 0 Å². The molecule has 0 aliphatic heterocycles. The molecule has 0 saturated carbocycles. The maximum atomic E-state index is 2.42. The Kier molecular flexibility index (Phi) is 22.1. The average Bonchev–Trinajstić information content (AvgIpc) is 0.717. The highest BCUT2D eigenvalue weighted by molar-refractivity contribution is 6.28. The van der Waals surface area contributed by atoms with Crippen LogP contribution in [0.1, 0.15) is 16.7 Å². The van der Waals surface area contributed by atoms with Crippen molar-refractivity contribution in [3.63, 3.8) is 0 Å². The van der Waals surface area contributed by atoms with Gasteiger partial charge >= 0.3 is 0 Å². The van der Waals surface area contributed by atoms with Gasteiger partial charge in [-0.15, -0.1) is 0 Å². The molecule has 0 aromatic heterocycles. The van der Waals surface area contributed by atoms with Crippen LogP contribution in [0.3, 0.4) is 0 Å². The summed E-state index contributed by atoms with van der Waals surface area (Å²) in [6, 6.07) is 199. The van der Waals surface area contributed by atoms with E-state index in [4.69, 9.17) is 0 Å². The van der Waals surface area contributed by atoms with Crippen molar-refractivity contribution in [2.24, 2.45) is 0 Å². The van der Waals surface area contributed by atoms with Crippen molar-refractivity contribution in [3.8, 4) is 134 Å². The average molecular weight is 1840 g/mol. The van der Waals surface area contributed by atoms with Gasteiger partial charge in [-0.05, 0) is 360 Å². The van der Waals surface area contributed by atoms with Crippen molar-refractivity contribution < 1.29 is 0 Å². The highest BCUT2D eigenvalue weighted by Crippen LogP contribution is 2.53. The summed E-state index contributed by atoms with van der Waals surface area (Å²) in [6.45, 7) is 6.65. The van der Waals surface area contributed by atoms with Crippen LogP contribution >= 0.6 is 0 Å². The minimum atomic E-state index is 1.21. The number of benzene rings is 28. The third kappa shape index (κ3) is 15.6. The summed E-state index contributed by atoms with van der Waals surface area (Å²) < 4.78 is 0. The first-order valence-electron chi connectivity index (χ1n) is 50.5. The van der Waals surface area contributed by atoms with Crippen LogP contribution in [0.4, 0.5) is 0 Å². The van der Waals surface area contributed by atoms with Crippen LogP contribution in [0.5, 0.6) is 0 Å². The lowest BCUT2D eigenvalue weighted by molar-refractivity contribution is 1.47. The van der Waals surface area contributed by atoms with E-state index in [0.717, 1.165) is 0 Å². The zero-order valence-corrected chi connectivity index (χ0v) is 80.9. The van der Waals surface area contributed by atoms with Gasteiger partial charge in [0, 0.05) is 0 Å². The molecule has 0 nitrogen and oxygen atoms in total. The van der Waals surface area contributed by atoms with Gasteiger partial charge in [-0.3, -0.25) is 0 Å². The van der Waals surface area contributed by atoms with Crippen molar-refractivity contribution in [1.82, 2.24) is 0 Å². The van der Waals surface area contributed by atoms with Gasteiger partial charge in [0.25, 0.3) is 0 Å². The highest BCUT2D eigenvalue weighted by atomic mass is 14.3. The molecule has 0 atom stereocenters. The van der Waals surface area contributed by atoms with E-state index >= 15 is 0 Å². The van der Waals surface area contributed by atoms with Crippen molar-refractivity contribution >= 4 is 140 Å². The van der Waals surface area contributed by atoms with E-state index in [9.17, 15) is 0 Å². The Bertz CT molecular complexity index is 9850. The predicted molar refractivity (Wildman–Crippen MR) is 626 cm³/mol. The quantitative estimate of drug-likeness (QED) is 0.0845. The second-order valence-corrected chi connectivity index (χ2v) is 38.7. The largest absolute Gasteiger partial charge is 0.0620 e. The van der Waals surface area contributed by atoms with Crippen molar-refractivity contribution in [3.05, 3.63) is 557 Å². The maximum Gasteiger partial charge on any atom is -0.00199 e. The number of aryl methyl sites for hydroxylation is 3. The molecule has 0 N–H and O–H groups in total. The molecule has 28 aromatic carbocycles. The summed E-state index contributed by atoms with van der Waals surface area (Å²) in [5, 5.41) is 33.1. The van der Waals surface area contributed by atoms with Gasteiger partial charge in [-0.25, -0.2) is 0 Å². The van der Waals surface area contributed by atoms with Crippen LogP contribution in [0.2, 0.25) is 0 Å². The molecule has 0 saturated heterocycles. The van der Waals surface area contributed by atoms with Crippen molar-refractivity contribution in [1.29, 1.82) is 0 Å². The Balaban J connectivity index is 0.000000111. The molecule has 0 unspecified atom stereocenters. The lowest BCUT2D eigenvalue weighted by Gasteiger charge is -2.20. The molecule has 0 bridgehead atoms. The van der Waals surface area contributed by atoms with E-state index in [0.29, 0.717) is 0 Å². The molecule has 0 heterocycles. The lowest BCUT2D eigenvalue weighted by atomic mass is 9.83. The van der Waals surface area contributed by atoms with E-state index < -0.39 is 0 Å². The molecule has 0 aliphatic rings. The van der Waals surface area contributed by atoms with Crippen molar-refractivity contribution in [2.45, 2.75) is 20.8 Å². The van der Waals surface area contributed by atoms with Crippen LogP contribution in [0.15, 0.2) is 540 Å². The molecular formula is C145H98. The molecule has 0 spiro atoms. The lowest BCUT2D eigenvalue weighted by Crippen LogP contribution is -1.93. The van der Waals surface area contributed by atoms with E-state index in [1.807, 2.05) is 0 Å². The molecule has 145 heavy (non-hydrogen) atoms. The predicted octanol–water partition coefficient (Wildman–Crippen LogP) is 41.0. The third-order valence-corrected chi connectivity index (χ3v) is 30.3. The van der Waals surface area contributed by atoms with E-state index in [-0.39, 0.29) is 0 Å². The summed E-state index contributed by atoms with van der Waals surface area (Å²) in [7, 11) is 0. The first-order chi connectivity index (χ1) is 71.7. The monoisotopic (exact) mass is 1840 g/mol. The van der Waals surface area contributed by atoms with Crippen LogP contribution in [0, 0.1) is 20.8 Å². The highest BCUT2D eigenvalue weighted by Gasteiger charge is 2.26. The van der Waals surface area contributed by atoms with Crippen LogP contribution < -0.4 is 0 Å². The Labute approximate surface area is 844 Å². The topological polar surface area (TPSA) is 0 Å². The molecule has 678 valence electrons. The molecule has 28 aromatic rings. The molecule has 0 radical (unpaired) electrons. The maximum absolute atomic E-state index is 2.42. The van der Waals surface area contributed by atoms with Gasteiger partial charge < -0.3 is 0 Å². The summed E-state index contributed by atoms with van der Waals surface area (Å²) in [5.74, 6) is 0. The molecule has 0 fully saturated rings. The number of hydrogen-bond donors (Lipinski definition) is 0. The second kappa shape index (κ2) is 37.0. The first-order valence-corrected chi connectivity index (χ1v) is 50.5. The van der Waals surface area contributed by atoms with E-state index in [1.165, 1.54) is 290 Å². The molecule has 28 rings (SSSR count). The number of rotatable bonds is 12. The Morgan fingerprint density at radius 1 is 0.0897 bits per heavy atom. The van der Waals surface area contributed by atoms with Crippen LogP contribution in [0.25, 0.3) is 274 Å². The van der Waals surface area contributed by atoms with Gasteiger partial charge in [0.2, 0.25) is 0 Å². The van der Waals surface area contributed by atoms with E-state index in [1.54, 1.807) is 0 Å². The molecule has 0 amide bonds. The van der Waals surface area contributed by atoms with Gasteiger partial charge in [0.15, 0.2) is 0 Å². The third-order valence-electron chi connectivity index (χ3n) is 30.3. The molecular weight excluding hydrogens is 1740 g/mol. The standard InChI is InChI=1S/C51H34.2C47H32/c1-33-14-2-5-17-39(33)50-44-22-10-12-24-46(44)51(47-25-13-11-23-45(47)50)49-32-38(30-36-15-3-7-19-41(36)49)34-26-28-35(29-27-34)48-31-37-16-4-6-18-40(37)42-20-8-9-21-43(42)48;1-31-13-2-5-17-37(31)46-41-20-8-10-22-43(41)47(44-23-11-9-21-42(44)46)45-30-36(29-35-15-4-7-19-40(35)45)32-25-27-34(28-26-32)39-24-12-16-33-14-3-6-18-38(33)39;1-31-12-2-6-16-39(31)46-41-18-8-10-20-43(41)47(44-21-11-9-19-42(44)46)45-30-38(29-37-15-5-7-17-40(37)45)34-24-22-33(23-25-34)36-27-26-32-13-3-4-14-35(32)28-36/h2-32H,1H3;2*2-30H,1H3. The fourth-order valence-electron chi connectivity index (χ4n) is 23.4. The Morgan fingerprint density at radius 3 is 0.634 bits per heavy atom. The summed E-state index contributed by atoms with van der Waals surface area (Å²) in [4.78, 5) is 0. The number of fused-ring (bicyclic) bond motifs is 14. The first kappa shape index (κ1) is 86.8. The molecule has 0 heteroatoms. The SMILES string of the molecule is Cc1ccccc1-c1c2ccccc2c(-c2cc(-c3ccc(-c4cc5ccccc5c5ccccc45)cc3)cc3ccccc23)c2ccccc12.Cc1ccccc1-c1c2ccccc2c(-c2cc(-c3ccc(-c4ccc5ccccc5c4)cc3)cc3ccccc23)c2ccccc12.Cc1ccccc1-c1c2ccccc2c(-c2cc(-c3ccc(-c4cccc5ccccc45)cc3)cc3ccccc23)c2ccccc12. The van der Waals surface area contributed by atoms with Crippen LogP contribution in [-0.2, 0) is 0 Å². The summed E-state index contributed by atoms with van der Waals surface area (Å²) >= 11 is 0. The smallest absolute Gasteiger partial charge is 0.00199 e. The minimum Gasteiger partial charge on any atom is -0.0620 e. The normalized spacial score (nSPS) is 11.6. The summed E-state index contributed by atoms with van der Waals surface area (Å²) in [5.41, 5.74) is 34.1. The fourth-order valence-corrected chi connectivity index (χ4v) is 23.4. The number of hydrogen-bond acceptors (Lipinski definition) is 0. The van der Waals surface area contributed by atoms with Crippen LogP contribution in [-0.4, -0.2) is 0 Å². The van der Waals surface area contributed by atoms with E-state index in [2.05, 4.69) is 561 Å². The Hall–Kier alpha value is -18.5. The summed E-state index contributed by atoms with van der Waals surface area (Å²) in [6.07, 6.45) is 0. The zero-order valence-electron chi connectivity index (χ0n) is 80.9. The van der Waals surface area contributed by atoms with Gasteiger partial charge in [0.1, 0.15) is 0 Å². The van der Waals surface area contributed by atoms with Gasteiger partial charge in [0.05, 0.1) is 0 Å². The minimum absolute atomic E-state index is 1.21. The zero-order chi connectivity index (χ0) is 96.5.